The molecule has 0 spiro atoms. The zero-order valence-electron chi connectivity index (χ0n) is 13.3. The van der Waals surface area contributed by atoms with E-state index in [-0.39, 0.29) is 5.91 Å². The third-order valence-corrected chi connectivity index (χ3v) is 5.30. The zero-order chi connectivity index (χ0) is 16.8. The highest BCUT2D eigenvalue weighted by Crippen LogP contribution is 2.18. The van der Waals surface area contributed by atoms with Crippen LogP contribution in [0.15, 0.2) is 53.0 Å². The summed E-state index contributed by atoms with van der Waals surface area (Å²) in [6.07, 6.45) is 0. The molecule has 0 radical (unpaired) electrons. The number of aryl methyl sites for hydroxylation is 1. The number of carbonyl (C=O) groups is 1. The van der Waals surface area contributed by atoms with E-state index in [2.05, 4.69) is 27.6 Å². The Hall–Kier alpha value is -2.12. The van der Waals surface area contributed by atoms with Crippen LogP contribution in [0.4, 0.5) is 0 Å². The normalized spacial score (nSPS) is 10.7. The topological polar surface area (TPSA) is 59.8 Å². The lowest BCUT2D eigenvalue weighted by Crippen LogP contribution is -2.24. The number of hydrogen-bond acceptors (Lipinski definition) is 5. The van der Waals surface area contributed by atoms with Gasteiger partial charge in [-0.1, -0.05) is 48.2 Å². The number of amides is 1. The average Bonchev–Trinajstić information content (AvgIpc) is 3.23. The first-order valence-corrected chi connectivity index (χ1v) is 9.44. The Balaban J connectivity index is 1.56. The maximum atomic E-state index is 12.0. The van der Waals surface area contributed by atoms with Gasteiger partial charge in [-0.25, -0.2) is 0 Å². The number of benzene rings is 1. The highest BCUT2D eigenvalue weighted by molar-refractivity contribution is 7.99. The largest absolute Gasteiger partial charge is 0.350 e. The minimum absolute atomic E-state index is 0.000291. The molecule has 0 aliphatic heterocycles. The molecular formula is C17H18N4OS2. The molecule has 1 aromatic carbocycles. The van der Waals surface area contributed by atoms with Crippen molar-refractivity contribution < 1.29 is 4.79 Å². The molecule has 1 N–H and O–H groups in total. The molecule has 0 fully saturated rings. The number of aromatic nitrogens is 3. The van der Waals surface area contributed by atoms with Crippen LogP contribution in [0.5, 0.6) is 0 Å². The van der Waals surface area contributed by atoms with Gasteiger partial charge >= 0.3 is 0 Å². The van der Waals surface area contributed by atoms with Crippen LogP contribution < -0.4 is 5.32 Å². The summed E-state index contributed by atoms with van der Waals surface area (Å²) in [6.45, 7) is 3.21. The summed E-state index contributed by atoms with van der Waals surface area (Å²) in [6, 6.07) is 14.2. The molecule has 1 amide bonds. The molecule has 0 aliphatic rings. The number of thiophene rings is 1. The monoisotopic (exact) mass is 358 g/mol. The van der Waals surface area contributed by atoms with Gasteiger partial charge in [0, 0.05) is 4.88 Å². The van der Waals surface area contributed by atoms with Gasteiger partial charge in [-0.2, -0.15) is 0 Å². The van der Waals surface area contributed by atoms with E-state index in [9.17, 15) is 4.79 Å². The lowest BCUT2D eigenvalue weighted by Gasteiger charge is -2.08. The van der Waals surface area contributed by atoms with Crippen molar-refractivity contribution in [1.29, 1.82) is 0 Å². The van der Waals surface area contributed by atoms with Crippen LogP contribution in [0.1, 0.15) is 16.3 Å². The van der Waals surface area contributed by atoms with Crippen molar-refractivity contribution in [1.82, 2.24) is 20.1 Å². The van der Waals surface area contributed by atoms with E-state index in [0.29, 0.717) is 18.8 Å². The van der Waals surface area contributed by atoms with Gasteiger partial charge in [-0.3, -0.25) is 4.79 Å². The predicted molar refractivity (Wildman–Crippen MR) is 97.2 cm³/mol. The number of rotatable bonds is 7. The molecule has 2 aromatic heterocycles. The molecule has 0 aliphatic carbocycles. The van der Waals surface area contributed by atoms with Crippen LogP contribution in [0.3, 0.4) is 0 Å². The van der Waals surface area contributed by atoms with Gasteiger partial charge in [-0.15, -0.1) is 21.5 Å². The van der Waals surface area contributed by atoms with E-state index in [1.807, 2.05) is 47.2 Å². The van der Waals surface area contributed by atoms with Gasteiger partial charge in [0.2, 0.25) is 5.91 Å². The Labute approximate surface area is 149 Å². The molecule has 3 aromatic rings. The van der Waals surface area contributed by atoms with Gasteiger partial charge in [-0.05, 0) is 23.9 Å². The lowest BCUT2D eigenvalue weighted by molar-refractivity contribution is -0.118. The molecule has 0 unspecified atom stereocenters. The molecule has 7 heteroatoms. The van der Waals surface area contributed by atoms with E-state index >= 15 is 0 Å². The zero-order valence-corrected chi connectivity index (χ0v) is 14.9. The lowest BCUT2D eigenvalue weighted by atomic mass is 10.2. The van der Waals surface area contributed by atoms with Gasteiger partial charge in [0.25, 0.3) is 0 Å². The molecule has 2 heterocycles. The molecule has 3 rings (SSSR count). The van der Waals surface area contributed by atoms with Crippen molar-refractivity contribution in [2.45, 2.75) is 25.2 Å². The molecule has 124 valence electrons. The average molecular weight is 358 g/mol. The molecule has 0 atom stereocenters. The van der Waals surface area contributed by atoms with Crippen LogP contribution in [0.2, 0.25) is 0 Å². The fraction of sp³-hybridized carbons (Fsp3) is 0.235. The summed E-state index contributed by atoms with van der Waals surface area (Å²) >= 11 is 3.05. The smallest absolute Gasteiger partial charge is 0.230 e. The second-order valence-electron chi connectivity index (χ2n) is 5.25. The first kappa shape index (κ1) is 16.7. The van der Waals surface area contributed by atoms with Gasteiger partial charge in [0.15, 0.2) is 5.16 Å². The van der Waals surface area contributed by atoms with E-state index in [1.165, 1.54) is 17.3 Å². The number of nitrogens with zero attached hydrogens (tertiary/aromatic N) is 3. The van der Waals surface area contributed by atoms with E-state index in [4.69, 9.17) is 0 Å². The van der Waals surface area contributed by atoms with Gasteiger partial charge in [0.1, 0.15) is 5.82 Å². The van der Waals surface area contributed by atoms with Crippen LogP contribution in [0.25, 0.3) is 0 Å². The third-order valence-electron chi connectivity index (χ3n) is 3.46. The van der Waals surface area contributed by atoms with Crippen molar-refractivity contribution >= 4 is 29.0 Å². The first-order chi connectivity index (χ1) is 11.7. The van der Waals surface area contributed by atoms with E-state index in [0.717, 1.165) is 15.9 Å². The highest BCUT2D eigenvalue weighted by Gasteiger charge is 2.12. The minimum atomic E-state index is 0.000291. The minimum Gasteiger partial charge on any atom is -0.350 e. The fourth-order valence-electron chi connectivity index (χ4n) is 2.20. The van der Waals surface area contributed by atoms with Crippen molar-refractivity contribution in [3.05, 3.63) is 64.1 Å². The third kappa shape index (κ3) is 4.46. The molecule has 0 saturated heterocycles. The maximum Gasteiger partial charge on any atom is 0.230 e. The highest BCUT2D eigenvalue weighted by atomic mass is 32.2. The Morgan fingerprint density at radius 2 is 2.04 bits per heavy atom. The Bertz CT molecular complexity index is 784. The van der Waals surface area contributed by atoms with Crippen LogP contribution >= 0.6 is 23.1 Å². The fourth-order valence-corrected chi connectivity index (χ4v) is 3.65. The van der Waals surface area contributed by atoms with E-state index in [1.54, 1.807) is 11.3 Å². The van der Waals surface area contributed by atoms with Crippen molar-refractivity contribution in [3.8, 4) is 0 Å². The summed E-state index contributed by atoms with van der Waals surface area (Å²) in [5.74, 6) is 1.18. The summed E-state index contributed by atoms with van der Waals surface area (Å²) in [4.78, 5) is 13.2. The summed E-state index contributed by atoms with van der Waals surface area (Å²) in [5, 5.41) is 14.0. The quantitative estimate of drug-likeness (QED) is 0.659. The number of hydrogen-bond donors (Lipinski definition) is 1. The van der Waals surface area contributed by atoms with Crippen LogP contribution in [0, 0.1) is 6.92 Å². The SMILES string of the molecule is Cc1nnc(SCC(=O)NCc2cccs2)n1Cc1ccccc1. The summed E-state index contributed by atoms with van der Waals surface area (Å²) in [7, 11) is 0. The first-order valence-electron chi connectivity index (χ1n) is 7.58. The molecule has 24 heavy (non-hydrogen) atoms. The van der Waals surface area contributed by atoms with Crippen molar-refractivity contribution in [2.24, 2.45) is 0 Å². The summed E-state index contributed by atoms with van der Waals surface area (Å²) in [5.41, 5.74) is 1.18. The second kappa shape index (κ2) is 8.12. The summed E-state index contributed by atoms with van der Waals surface area (Å²) < 4.78 is 2.03. The number of nitrogens with one attached hydrogen (secondary N) is 1. The van der Waals surface area contributed by atoms with Crippen LogP contribution in [-0.2, 0) is 17.9 Å². The van der Waals surface area contributed by atoms with Crippen molar-refractivity contribution in [3.63, 3.8) is 0 Å². The second-order valence-corrected chi connectivity index (χ2v) is 7.22. The van der Waals surface area contributed by atoms with Gasteiger partial charge < -0.3 is 9.88 Å². The molecule has 0 bridgehead atoms. The predicted octanol–water partition coefficient (Wildman–Crippen LogP) is 3.10. The molecule has 5 nitrogen and oxygen atoms in total. The van der Waals surface area contributed by atoms with E-state index < -0.39 is 0 Å². The van der Waals surface area contributed by atoms with Crippen LogP contribution in [-0.4, -0.2) is 26.4 Å². The number of carbonyl (C=O) groups excluding carboxylic acids is 1. The maximum absolute atomic E-state index is 12.0. The molecule has 0 saturated carbocycles. The standard InChI is InChI=1S/C17H18N4OS2/c1-13-19-20-17(21(13)11-14-6-3-2-4-7-14)24-12-16(22)18-10-15-8-5-9-23-15/h2-9H,10-12H2,1H3,(H,18,22). The Morgan fingerprint density at radius 1 is 1.21 bits per heavy atom. The molecular weight excluding hydrogens is 340 g/mol. The number of thioether (sulfide) groups is 1. The Kier molecular flexibility index (Phi) is 5.66. The van der Waals surface area contributed by atoms with Gasteiger partial charge in [0.05, 0.1) is 18.8 Å². The van der Waals surface area contributed by atoms with Crippen molar-refractivity contribution in [2.75, 3.05) is 5.75 Å². The Morgan fingerprint density at radius 3 is 2.79 bits per heavy atom.